The lowest BCUT2D eigenvalue weighted by Gasteiger charge is -2.16. The minimum Gasteiger partial charge on any atom is -0.369 e. The average molecular weight is 328 g/mol. The van der Waals surface area contributed by atoms with Crippen LogP contribution < -0.4 is 5.73 Å². The van der Waals surface area contributed by atoms with Gasteiger partial charge in [0.1, 0.15) is 0 Å². The number of nitrogens with two attached hydrogens (primary N) is 1. The highest BCUT2D eigenvalue weighted by Gasteiger charge is 2.27. The fraction of sp³-hybridized carbons (Fsp3) is 0.417. The first-order valence-corrected chi connectivity index (χ1v) is 6.71. The summed E-state index contributed by atoms with van der Waals surface area (Å²) in [6, 6.07) is 4.97. The number of likely N-dealkylation sites (tertiary alicyclic amines) is 1. The van der Waals surface area contributed by atoms with Crippen molar-refractivity contribution in [2.24, 2.45) is 11.7 Å². The highest BCUT2D eigenvalue weighted by atomic mass is 79.9. The van der Waals surface area contributed by atoms with E-state index < -0.39 is 4.92 Å². The predicted octanol–water partition coefficient (Wildman–Crippen LogP) is 1.66. The van der Waals surface area contributed by atoms with Crippen molar-refractivity contribution in [2.45, 2.75) is 13.0 Å². The van der Waals surface area contributed by atoms with Gasteiger partial charge in [0, 0.05) is 19.2 Å². The van der Waals surface area contributed by atoms with E-state index in [-0.39, 0.29) is 17.5 Å². The van der Waals surface area contributed by atoms with Gasteiger partial charge in [-0.15, -0.1) is 0 Å². The number of primary amides is 1. The van der Waals surface area contributed by atoms with E-state index in [1.807, 2.05) is 6.07 Å². The van der Waals surface area contributed by atoms with E-state index in [1.54, 1.807) is 6.07 Å². The highest BCUT2D eigenvalue weighted by Crippen LogP contribution is 2.30. The Morgan fingerprint density at radius 3 is 2.89 bits per heavy atom. The summed E-state index contributed by atoms with van der Waals surface area (Å²) in [7, 11) is 0. The molecule has 0 bridgehead atoms. The Bertz CT molecular complexity index is 521. The normalized spacial score (nSPS) is 19.5. The topological polar surface area (TPSA) is 89.5 Å². The molecule has 1 aliphatic rings. The van der Waals surface area contributed by atoms with Gasteiger partial charge in [0.05, 0.1) is 15.3 Å². The molecule has 1 aromatic rings. The molecule has 2 rings (SSSR count). The molecule has 1 atom stereocenters. The van der Waals surface area contributed by atoms with Crippen molar-refractivity contribution < 1.29 is 9.72 Å². The molecule has 2 N–H and O–H groups in total. The lowest BCUT2D eigenvalue weighted by Crippen LogP contribution is -2.27. The molecule has 1 aromatic carbocycles. The molecule has 0 saturated carbocycles. The van der Waals surface area contributed by atoms with Crippen LogP contribution in [0, 0.1) is 16.0 Å². The van der Waals surface area contributed by atoms with Crippen LogP contribution in [0.1, 0.15) is 12.0 Å². The first-order chi connectivity index (χ1) is 8.99. The Kier molecular flexibility index (Phi) is 4.16. The SMILES string of the molecule is NC(=O)C1CCN(Cc2cccc([N+](=O)[O-])c2Br)C1. The largest absolute Gasteiger partial charge is 0.369 e. The summed E-state index contributed by atoms with van der Waals surface area (Å²) in [5.74, 6) is -0.391. The van der Waals surface area contributed by atoms with Crippen molar-refractivity contribution in [1.29, 1.82) is 0 Å². The van der Waals surface area contributed by atoms with Crippen LogP contribution in [0.4, 0.5) is 5.69 Å². The fourth-order valence-corrected chi connectivity index (χ4v) is 2.81. The third kappa shape index (κ3) is 3.10. The van der Waals surface area contributed by atoms with Crippen molar-refractivity contribution in [3.63, 3.8) is 0 Å². The Labute approximate surface area is 118 Å². The highest BCUT2D eigenvalue weighted by molar-refractivity contribution is 9.10. The number of nitro groups is 1. The maximum atomic E-state index is 11.1. The number of benzene rings is 1. The Morgan fingerprint density at radius 1 is 1.58 bits per heavy atom. The zero-order valence-corrected chi connectivity index (χ0v) is 11.8. The second-order valence-corrected chi connectivity index (χ2v) is 5.42. The van der Waals surface area contributed by atoms with Gasteiger partial charge < -0.3 is 5.73 Å². The molecule has 1 fully saturated rings. The van der Waals surface area contributed by atoms with Gasteiger partial charge in [0.25, 0.3) is 5.69 Å². The van der Waals surface area contributed by atoms with Crippen LogP contribution in [0.15, 0.2) is 22.7 Å². The molecule has 1 heterocycles. The number of amides is 1. The van der Waals surface area contributed by atoms with Crippen LogP contribution >= 0.6 is 15.9 Å². The van der Waals surface area contributed by atoms with Crippen molar-refractivity contribution in [2.75, 3.05) is 13.1 Å². The molecule has 7 heteroatoms. The number of halogens is 1. The summed E-state index contributed by atoms with van der Waals surface area (Å²) in [5, 5.41) is 10.9. The maximum absolute atomic E-state index is 11.1. The minimum absolute atomic E-state index is 0.0585. The number of hydrogen-bond acceptors (Lipinski definition) is 4. The fourth-order valence-electron chi connectivity index (χ4n) is 2.28. The van der Waals surface area contributed by atoms with E-state index in [2.05, 4.69) is 20.8 Å². The number of carbonyl (C=O) groups is 1. The smallest absolute Gasteiger partial charge is 0.283 e. The Balaban J connectivity index is 2.10. The van der Waals surface area contributed by atoms with Crippen LogP contribution in [0.2, 0.25) is 0 Å². The van der Waals surface area contributed by atoms with Crippen molar-refractivity contribution in [3.8, 4) is 0 Å². The van der Waals surface area contributed by atoms with Gasteiger partial charge in [-0.2, -0.15) is 0 Å². The number of carbonyl (C=O) groups excluding carboxylic acids is 1. The monoisotopic (exact) mass is 327 g/mol. The van der Waals surface area contributed by atoms with Crippen LogP contribution in [0.25, 0.3) is 0 Å². The molecule has 102 valence electrons. The van der Waals surface area contributed by atoms with Gasteiger partial charge in [0.15, 0.2) is 0 Å². The lowest BCUT2D eigenvalue weighted by atomic mass is 10.1. The second kappa shape index (κ2) is 5.66. The van der Waals surface area contributed by atoms with Crippen LogP contribution in [-0.4, -0.2) is 28.8 Å². The maximum Gasteiger partial charge on any atom is 0.283 e. The molecule has 1 aliphatic heterocycles. The van der Waals surface area contributed by atoms with Gasteiger partial charge >= 0.3 is 0 Å². The summed E-state index contributed by atoms with van der Waals surface area (Å²) in [4.78, 5) is 23.6. The lowest BCUT2D eigenvalue weighted by molar-refractivity contribution is -0.385. The molecule has 0 spiro atoms. The molecule has 1 saturated heterocycles. The molecular formula is C12H14BrN3O3. The number of nitrogens with zero attached hydrogens (tertiary/aromatic N) is 2. The molecule has 0 radical (unpaired) electrons. The zero-order valence-electron chi connectivity index (χ0n) is 10.2. The van der Waals surface area contributed by atoms with E-state index in [4.69, 9.17) is 5.73 Å². The average Bonchev–Trinajstić information content (AvgIpc) is 2.80. The van der Waals surface area contributed by atoms with Crippen LogP contribution in [0.5, 0.6) is 0 Å². The summed E-state index contributed by atoms with van der Waals surface area (Å²) in [6.07, 6.45) is 0.752. The summed E-state index contributed by atoms with van der Waals surface area (Å²) in [5.41, 5.74) is 6.19. The number of rotatable bonds is 4. The minimum atomic E-state index is -0.413. The van der Waals surface area contributed by atoms with E-state index in [1.165, 1.54) is 6.07 Å². The first-order valence-electron chi connectivity index (χ1n) is 5.92. The van der Waals surface area contributed by atoms with Crippen LogP contribution in [-0.2, 0) is 11.3 Å². The number of nitro benzene ring substituents is 1. The molecular weight excluding hydrogens is 314 g/mol. The molecule has 0 aromatic heterocycles. The molecule has 19 heavy (non-hydrogen) atoms. The van der Waals surface area contributed by atoms with E-state index in [0.717, 1.165) is 18.5 Å². The second-order valence-electron chi connectivity index (χ2n) is 4.63. The van der Waals surface area contributed by atoms with E-state index in [0.29, 0.717) is 17.6 Å². The van der Waals surface area contributed by atoms with E-state index >= 15 is 0 Å². The summed E-state index contributed by atoms with van der Waals surface area (Å²) >= 11 is 3.27. The zero-order chi connectivity index (χ0) is 14.0. The van der Waals surface area contributed by atoms with Crippen LogP contribution in [0.3, 0.4) is 0 Å². The number of hydrogen-bond donors (Lipinski definition) is 1. The van der Waals surface area contributed by atoms with Crippen molar-refractivity contribution in [3.05, 3.63) is 38.3 Å². The summed E-state index contributed by atoms with van der Waals surface area (Å²) in [6.45, 7) is 1.97. The third-order valence-corrected chi connectivity index (χ3v) is 4.24. The summed E-state index contributed by atoms with van der Waals surface area (Å²) < 4.78 is 0.502. The third-order valence-electron chi connectivity index (χ3n) is 3.32. The molecule has 1 amide bonds. The standard InChI is InChI=1S/C12H14BrN3O3/c13-11-8(2-1-3-10(11)16(18)19)6-15-5-4-9(7-15)12(14)17/h1-3,9H,4-7H2,(H2,14,17). The first kappa shape index (κ1) is 14.0. The van der Waals surface area contributed by atoms with E-state index in [9.17, 15) is 14.9 Å². The van der Waals surface area contributed by atoms with Gasteiger partial charge in [-0.3, -0.25) is 19.8 Å². The Morgan fingerprint density at radius 2 is 2.32 bits per heavy atom. The van der Waals surface area contributed by atoms with Gasteiger partial charge in [-0.25, -0.2) is 0 Å². The van der Waals surface area contributed by atoms with Gasteiger partial charge in [-0.05, 0) is 34.5 Å². The molecule has 0 aliphatic carbocycles. The van der Waals surface area contributed by atoms with Gasteiger partial charge in [-0.1, -0.05) is 12.1 Å². The molecule has 1 unspecified atom stereocenters. The van der Waals surface area contributed by atoms with Crippen molar-refractivity contribution in [1.82, 2.24) is 4.90 Å². The predicted molar refractivity (Wildman–Crippen MR) is 73.4 cm³/mol. The van der Waals surface area contributed by atoms with Gasteiger partial charge in [0.2, 0.25) is 5.91 Å². The molecule has 6 nitrogen and oxygen atoms in total. The van der Waals surface area contributed by atoms with Crippen molar-refractivity contribution >= 4 is 27.5 Å². The quantitative estimate of drug-likeness (QED) is 0.672. The Hall–Kier alpha value is -1.47.